The zero-order valence-corrected chi connectivity index (χ0v) is 17.0. The van der Waals surface area contributed by atoms with E-state index in [4.69, 9.17) is 9.15 Å². The lowest BCUT2D eigenvalue weighted by molar-refractivity contribution is -0.121. The third kappa shape index (κ3) is 4.96. The summed E-state index contributed by atoms with van der Waals surface area (Å²) in [7, 11) is 5.61. The van der Waals surface area contributed by atoms with E-state index in [-0.39, 0.29) is 18.4 Å². The first-order valence-corrected chi connectivity index (χ1v) is 9.93. The molecule has 1 N–H and O–H groups in total. The topological polar surface area (TPSA) is 80.5 Å². The van der Waals surface area contributed by atoms with Gasteiger partial charge in [0, 0.05) is 35.9 Å². The molecular formula is C20H24N4O3S. The molecule has 3 rings (SSSR count). The van der Waals surface area contributed by atoms with E-state index in [1.165, 1.54) is 0 Å². The van der Waals surface area contributed by atoms with Gasteiger partial charge in [0.1, 0.15) is 5.75 Å². The van der Waals surface area contributed by atoms with Crippen LogP contribution in [-0.2, 0) is 11.2 Å². The first-order valence-electron chi connectivity index (χ1n) is 8.99. The summed E-state index contributed by atoms with van der Waals surface area (Å²) in [6, 6.07) is 9.77. The lowest BCUT2D eigenvalue weighted by Gasteiger charge is -2.26. The number of thiophene rings is 1. The molecule has 3 aromatic rings. The fourth-order valence-corrected chi connectivity index (χ4v) is 3.52. The van der Waals surface area contributed by atoms with Gasteiger partial charge >= 0.3 is 0 Å². The number of carbonyl (C=O) groups excluding carboxylic acids is 1. The summed E-state index contributed by atoms with van der Waals surface area (Å²) in [5, 5.41) is 14.9. The van der Waals surface area contributed by atoms with E-state index in [0.29, 0.717) is 24.7 Å². The van der Waals surface area contributed by atoms with Crippen molar-refractivity contribution in [2.75, 3.05) is 27.7 Å². The van der Waals surface area contributed by atoms with Gasteiger partial charge in [-0.05, 0) is 31.6 Å². The zero-order valence-electron chi connectivity index (χ0n) is 16.2. The molecule has 0 bridgehead atoms. The van der Waals surface area contributed by atoms with Crippen LogP contribution < -0.4 is 10.1 Å². The van der Waals surface area contributed by atoms with Gasteiger partial charge in [-0.25, -0.2) is 0 Å². The maximum atomic E-state index is 12.3. The minimum absolute atomic E-state index is 0.00805. The van der Waals surface area contributed by atoms with Crippen molar-refractivity contribution < 1.29 is 13.9 Å². The number of carbonyl (C=O) groups is 1. The summed E-state index contributed by atoms with van der Waals surface area (Å²) in [6.45, 7) is 0.482. The number of likely N-dealkylation sites (N-methyl/N-ethyl adjacent to an activating group) is 1. The molecule has 7 nitrogen and oxygen atoms in total. The number of nitrogens with zero attached hydrogens (tertiary/aromatic N) is 3. The Balaban J connectivity index is 1.54. The van der Waals surface area contributed by atoms with E-state index in [1.807, 2.05) is 55.2 Å². The summed E-state index contributed by atoms with van der Waals surface area (Å²) < 4.78 is 11.1. The molecule has 2 aromatic heterocycles. The van der Waals surface area contributed by atoms with Crippen LogP contribution in [0.15, 0.2) is 45.5 Å². The number of hydrogen-bond acceptors (Lipinski definition) is 7. The van der Waals surface area contributed by atoms with Crippen LogP contribution in [0.5, 0.6) is 5.75 Å². The second-order valence-electron chi connectivity index (χ2n) is 6.54. The van der Waals surface area contributed by atoms with E-state index >= 15 is 0 Å². The van der Waals surface area contributed by atoms with Crippen LogP contribution in [-0.4, -0.2) is 48.8 Å². The third-order valence-corrected chi connectivity index (χ3v) is 5.10. The van der Waals surface area contributed by atoms with Crippen LogP contribution in [0.1, 0.15) is 23.9 Å². The van der Waals surface area contributed by atoms with Crippen LogP contribution in [0.25, 0.3) is 11.5 Å². The quantitative estimate of drug-likeness (QED) is 0.594. The Morgan fingerprint density at radius 3 is 2.82 bits per heavy atom. The van der Waals surface area contributed by atoms with E-state index in [2.05, 4.69) is 20.4 Å². The number of rotatable bonds is 9. The van der Waals surface area contributed by atoms with Crippen LogP contribution in [0, 0.1) is 0 Å². The highest BCUT2D eigenvalue weighted by Crippen LogP contribution is 2.27. The maximum absolute atomic E-state index is 12.3. The van der Waals surface area contributed by atoms with Gasteiger partial charge in [-0.3, -0.25) is 4.79 Å². The molecule has 0 saturated heterocycles. The van der Waals surface area contributed by atoms with Gasteiger partial charge in [0.05, 0.1) is 13.2 Å². The molecule has 1 atom stereocenters. The number of ether oxygens (including phenoxy) is 1. The first-order chi connectivity index (χ1) is 13.6. The highest BCUT2D eigenvalue weighted by Gasteiger charge is 2.19. The van der Waals surface area contributed by atoms with Crippen LogP contribution in [0.3, 0.4) is 0 Å². The van der Waals surface area contributed by atoms with E-state index < -0.39 is 0 Å². The largest absolute Gasteiger partial charge is 0.496 e. The average Bonchev–Trinajstić information content (AvgIpc) is 3.38. The first kappa shape index (κ1) is 20.0. The van der Waals surface area contributed by atoms with Crippen molar-refractivity contribution in [3.05, 3.63) is 52.5 Å². The van der Waals surface area contributed by atoms with Crippen molar-refractivity contribution in [3.8, 4) is 17.2 Å². The number of methoxy groups -OCH3 is 1. The Bertz CT molecular complexity index is 893. The van der Waals surface area contributed by atoms with Crippen molar-refractivity contribution in [2.45, 2.75) is 18.9 Å². The van der Waals surface area contributed by atoms with Crippen molar-refractivity contribution in [3.63, 3.8) is 0 Å². The van der Waals surface area contributed by atoms with Gasteiger partial charge < -0.3 is 19.4 Å². The number of nitrogens with one attached hydrogen (secondary N) is 1. The number of para-hydroxylation sites is 1. The number of aryl methyl sites for hydroxylation is 1. The molecule has 0 spiro atoms. The fourth-order valence-electron chi connectivity index (χ4n) is 2.89. The number of hydrogen-bond donors (Lipinski definition) is 1. The van der Waals surface area contributed by atoms with Gasteiger partial charge in [-0.2, -0.15) is 11.3 Å². The van der Waals surface area contributed by atoms with Crippen LogP contribution >= 0.6 is 11.3 Å². The normalized spacial score (nSPS) is 12.1. The highest BCUT2D eigenvalue weighted by atomic mass is 32.1. The Kier molecular flexibility index (Phi) is 6.78. The van der Waals surface area contributed by atoms with Crippen molar-refractivity contribution >= 4 is 17.2 Å². The highest BCUT2D eigenvalue weighted by molar-refractivity contribution is 7.08. The molecule has 28 heavy (non-hydrogen) atoms. The zero-order chi connectivity index (χ0) is 19.9. The SMILES string of the molecule is COc1ccccc1C(CNC(=O)CCc1nnc(-c2ccsc2)o1)N(C)C. The van der Waals surface area contributed by atoms with Gasteiger partial charge in [0.2, 0.25) is 17.7 Å². The fraction of sp³-hybridized carbons (Fsp3) is 0.350. The van der Waals surface area contributed by atoms with Crippen LogP contribution in [0.2, 0.25) is 0 Å². The molecule has 1 amide bonds. The number of amides is 1. The maximum Gasteiger partial charge on any atom is 0.248 e. The van der Waals surface area contributed by atoms with E-state index in [1.54, 1.807) is 18.4 Å². The van der Waals surface area contributed by atoms with Crippen molar-refractivity contribution in [1.29, 1.82) is 0 Å². The summed E-state index contributed by atoms with van der Waals surface area (Å²) in [6.07, 6.45) is 0.696. The second-order valence-corrected chi connectivity index (χ2v) is 7.32. The minimum atomic E-state index is -0.0583. The summed E-state index contributed by atoms with van der Waals surface area (Å²) in [5.74, 6) is 1.70. The van der Waals surface area contributed by atoms with Gasteiger partial charge in [-0.15, -0.1) is 10.2 Å². The monoisotopic (exact) mass is 400 g/mol. The molecule has 148 valence electrons. The second kappa shape index (κ2) is 9.48. The lowest BCUT2D eigenvalue weighted by Crippen LogP contribution is -2.34. The van der Waals surface area contributed by atoms with Gasteiger partial charge in [0.15, 0.2) is 0 Å². The Hall–Kier alpha value is -2.71. The smallest absolute Gasteiger partial charge is 0.248 e. The Labute approximate surface area is 168 Å². The summed E-state index contributed by atoms with van der Waals surface area (Å²) in [4.78, 5) is 14.4. The summed E-state index contributed by atoms with van der Waals surface area (Å²) >= 11 is 1.57. The third-order valence-electron chi connectivity index (χ3n) is 4.41. The predicted octanol–water partition coefficient (Wildman–Crippen LogP) is 3.16. The van der Waals surface area contributed by atoms with Gasteiger partial charge in [-0.1, -0.05) is 18.2 Å². The Morgan fingerprint density at radius 2 is 2.11 bits per heavy atom. The number of aromatic nitrogens is 2. The summed E-state index contributed by atoms with van der Waals surface area (Å²) in [5.41, 5.74) is 1.94. The molecule has 0 saturated carbocycles. The molecular weight excluding hydrogens is 376 g/mol. The van der Waals surface area contributed by atoms with Crippen molar-refractivity contribution in [2.24, 2.45) is 0 Å². The molecule has 1 aromatic carbocycles. The van der Waals surface area contributed by atoms with E-state index in [9.17, 15) is 4.79 Å². The van der Waals surface area contributed by atoms with E-state index in [0.717, 1.165) is 16.9 Å². The molecule has 8 heteroatoms. The standard InChI is InChI=1S/C20H24N4O3S/c1-24(2)16(15-6-4-5-7-17(15)26-3)12-21-18(25)8-9-19-22-23-20(27-19)14-10-11-28-13-14/h4-7,10-11,13,16H,8-9,12H2,1-3H3,(H,21,25). The van der Waals surface area contributed by atoms with Crippen LogP contribution in [0.4, 0.5) is 0 Å². The predicted molar refractivity (Wildman–Crippen MR) is 108 cm³/mol. The van der Waals surface area contributed by atoms with Crippen molar-refractivity contribution in [1.82, 2.24) is 20.4 Å². The minimum Gasteiger partial charge on any atom is -0.496 e. The Morgan fingerprint density at radius 1 is 1.29 bits per heavy atom. The number of benzene rings is 1. The molecule has 1 unspecified atom stereocenters. The molecule has 2 heterocycles. The molecule has 0 fully saturated rings. The van der Waals surface area contributed by atoms with Gasteiger partial charge in [0.25, 0.3) is 0 Å². The average molecular weight is 401 g/mol. The molecule has 0 radical (unpaired) electrons. The molecule has 0 aliphatic carbocycles. The molecule has 0 aliphatic heterocycles. The lowest BCUT2D eigenvalue weighted by atomic mass is 10.0. The molecule has 0 aliphatic rings.